The highest BCUT2D eigenvalue weighted by Gasteiger charge is 2.25. The number of likely N-dealkylation sites (tertiary alicyclic amines) is 1. The number of methoxy groups -OCH3 is 1. The average Bonchev–Trinajstić information content (AvgIpc) is 3.17. The van der Waals surface area contributed by atoms with Gasteiger partial charge in [0, 0.05) is 19.0 Å². The van der Waals surface area contributed by atoms with Gasteiger partial charge in [0.05, 0.1) is 28.9 Å². The summed E-state index contributed by atoms with van der Waals surface area (Å²) in [6.07, 6.45) is 2.24. The molecule has 2 aromatic carbocycles. The lowest BCUT2D eigenvalue weighted by Crippen LogP contribution is -2.41. The van der Waals surface area contributed by atoms with Crippen LogP contribution in [0.3, 0.4) is 0 Å². The zero-order valence-electron chi connectivity index (χ0n) is 16.1. The quantitative estimate of drug-likeness (QED) is 0.690. The normalized spacial score (nSPS) is 17.5. The first-order chi connectivity index (χ1) is 13.7. The highest BCUT2D eigenvalue weighted by molar-refractivity contribution is 7.18. The molecule has 28 heavy (non-hydrogen) atoms. The molecular weight excluding hydrogens is 370 g/mol. The van der Waals surface area contributed by atoms with Gasteiger partial charge in [-0.3, -0.25) is 9.69 Å². The van der Waals surface area contributed by atoms with Crippen LogP contribution in [-0.4, -0.2) is 42.5 Å². The number of fused-ring (bicyclic) bond motifs is 1. The number of hydrogen-bond acceptors (Lipinski definition) is 5. The van der Waals surface area contributed by atoms with Gasteiger partial charge in [-0.05, 0) is 49.2 Å². The monoisotopic (exact) mass is 395 g/mol. The lowest BCUT2D eigenvalue weighted by Gasteiger charge is -2.31. The molecule has 1 atom stereocenters. The third-order valence-corrected chi connectivity index (χ3v) is 6.36. The van der Waals surface area contributed by atoms with Crippen molar-refractivity contribution in [1.29, 1.82) is 0 Å². The van der Waals surface area contributed by atoms with Crippen LogP contribution < -0.4 is 10.1 Å². The number of benzene rings is 2. The zero-order chi connectivity index (χ0) is 19.3. The van der Waals surface area contributed by atoms with Crippen molar-refractivity contribution in [1.82, 2.24) is 15.2 Å². The first-order valence-electron chi connectivity index (χ1n) is 9.69. The topological polar surface area (TPSA) is 54.5 Å². The van der Waals surface area contributed by atoms with Crippen molar-refractivity contribution in [3.05, 3.63) is 59.1 Å². The molecule has 1 amide bonds. The highest BCUT2D eigenvalue weighted by Crippen LogP contribution is 2.32. The van der Waals surface area contributed by atoms with Crippen LogP contribution in [0.5, 0.6) is 5.75 Å². The molecule has 2 heterocycles. The summed E-state index contributed by atoms with van der Waals surface area (Å²) < 4.78 is 6.47. The van der Waals surface area contributed by atoms with Crippen molar-refractivity contribution in [2.24, 2.45) is 0 Å². The van der Waals surface area contributed by atoms with Gasteiger partial charge in [-0.25, -0.2) is 4.98 Å². The minimum Gasteiger partial charge on any atom is -0.497 e. The number of nitrogens with one attached hydrogen (secondary N) is 1. The summed E-state index contributed by atoms with van der Waals surface area (Å²) in [6.45, 7) is 2.82. The first-order valence-corrected chi connectivity index (χ1v) is 10.5. The van der Waals surface area contributed by atoms with E-state index in [9.17, 15) is 4.79 Å². The van der Waals surface area contributed by atoms with Crippen LogP contribution >= 0.6 is 11.3 Å². The second-order valence-corrected chi connectivity index (χ2v) is 8.28. The van der Waals surface area contributed by atoms with Gasteiger partial charge < -0.3 is 10.1 Å². The van der Waals surface area contributed by atoms with Crippen LogP contribution in [0.4, 0.5) is 0 Å². The average molecular weight is 396 g/mol. The maximum atomic E-state index is 12.4. The molecule has 6 heteroatoms. The Bertz CT molecular complexity index is 923. The molecule has 4 rings (SSSR count). The fraction of sp³-hybridized carbons (Fsp3) is 0.364. The van der Waals surface area contributed by atoms with E-state index in [1.807, 2.05) is 30.3 Å². The van der Waals surface area contributed by atoms with Crippen molar-refractivity contribution in [3.63, 3.8) is 0 Å². The minimum atomic E-state index is 0.0627. The molecule has 0 bridgehead atoms. The predicted molar refractivity (Wildman–Crippen MR) is 113 cm³/mol. The molecular formula is C22H25N3O2S. The highest BCUT2D eigenvalue weighted by atomic mass is 32.1. The Morgan fingerprint density at radius 2 is 2.18 bits per heavy atom. The molecule has 1 fully saturated rings. The number of ether oxygens (including phenoxy) is 1. The van der Waals surface area contributed by atoms with E-state index in [2.05, 4.69) is 28.4 Å². The summed E-state index contributed by atoms with van der Waals surface area (Å²) in [5.74, 6) is 1.28. The van der Waals surface area contributed by atoms with Crippen molar-refractivity contribution in [2.45, 2.75) is 25.3 Å². The van der Waals surface area contributed by atoms with Crippen LogP contribution in [-0.2, 0) is 11.3 Å². The lowest BCUT2D eigenvalue weighted by atomic mass is 9.99. The predicted octanol–water partition coefficient (Wildman–Crippen LogP) is 3.80. The van der Waals surface area contributed by atoms with E-state index in [0.29, 0.717) is 19.0 Å². The maximum absolute atomic E-state index is 12.4. The van der Waals surface area contributed by atoms with E-state index < -0.39 is 0 Å². The molecule has 0 unspecified atom stereocenters. The second kappa shape index (κ2) is 8.71. The molecule has 1 saturated heterocycles. The molecule has 0 radical (unpaired) electrons. The number of nitrogens with zero attached hydrogens (tertiary/aromatic N) is 2. The number of carbonyl (C=O) groups is 1. The molecule has 0 spiro atoms. The summed E-state index contributed by atoms with van der Waals surface area (Å²) in [5, 5.41) is 4.22. The molecule has 146 valence electrons. The van der Waals surface area contributed by atoms with E-state index in [1.54, 1.807) is 18.4 Å². The molecule has 0 aliphatic carbocycles. The van der Waals surface area contributed by atoms with E-state index in [0.717, 1.165) is 42.8 Å². The maximum Gasteiger partial charge on any atom is 0.234 e. The van der Waals surface area contributed by atoms with Crippen LogP contribution in [0, 0.1) is 0 Å². The van der Waals surface area contributed by atoms with Crippen LogP contribution in [0.2, 0.25) is 0 Å². The molecule has 1 aliphatic rings. The summed E-state index contributed by atoms with van der Waals surface area (Å²) in [5.41, 5.74) is 2.12. The Balaban J connectivity index is 1.32. The van der Waals surface area contributed by atoms with Crippen molar-refractivity contribution in [3.8, 4) is 5.75 Å². The number of para-hydroxylation sites is 1. The van der Waals surface area contributed by atoms with Gasteiger partial charge in [0.15, 0.2) is 0 Å². The van der Waals surface area contributed by atoms with Gasteiger partial charge in [-0.1, -0.05) is 24.3 Å². The Kier molecular flexibility index (Phi) is 5.88. The lowest BCUT2D eigenvalue weighted by molar-refractivity contribution is -0.122. The fourth-order valence-corrected chi connectivity index (χ4v) is 4.80. The van der Waals surface area contributed by atoms with Crippen LogP contribution in [0.25, 0.3) is 10.2 Å². The molecule has 1 aliphatic heterocycles. The zero-order valence-corrected chi connectivity index (χ0v) is 16.9. The first kappa shape index (κ1) is 18.9. The van der Waals surface area contributed by atoms with Crippen molar-refractivity contribution in [2.75, 3.05) is 26.7 Å². The van der Waals surface area contributed by atoms with E-state index in [-0.39, 0.29) is 5.91 Å². The van der Waals surface area contributed by atoms with Crippen LogP contribution in [0.1, 0.15) is 29.3 Å². The molecule has 3 aromatic rings. The van der Waals surface area contributed by atoms with Crippen molar-refractivity contribution < 1.29 is 9.53 Å². The van der Waals surface area contributed by atoms with Crippen molar-refractivity contribution >= 4 is 27.5 Å². The summed E-state index contributed by atoms with van der Waals surface area (Å²) in [7, 11) is 1.65. The Hall–Kier alpha value is -2.44. The number of piperidine rings is 1. The number of hydrogen-bond donors (Lipinski definition) is 1. The SMILES string of the molecule is COc1cccc(CNC(=O)CN2CCC[C@@H](c3nc4ccccc4s3)C2)c1. The second-order valence-electron chi connectivity index (χ2n) is 7.22. The minimum absolute atomic E-state index is 0.0627. The number of thiazole rings is 1. The third kappa shape index (κ3) is 4.51. The van der Waals surface area contributed by atoms with E-state index in [1.165, 1.54) is 9.71 Å². The van der Waals surface area contributed by atoms with Gasteiger partial charge in [-0.15, -0.1) is 11.3 Å². The molecule has 5 nitrogen and oxygen atoms in total. The standard InChI is InChI=1S/C22H25N3O2S/c1-27-18-8-4-6-16(12-18)13-23-21(26)15-25-11-5-7-17(14-25)22-24-19-9-2-3-10-20(19)28-22/h2-4,6,8-10,12,17H,5,7,11,13-15H2,1H3,(H,23,26)/t17-/m1/s1. The van der Waals surface area contributed by atoms with Gasteiger partial charge in [0.2, 0.25) is 5.91 Å². The van der Waals surface area contributed by atoms with Gasteiger partial charge >= 0.3 is 0 Å². The number of carbonyl (C=O) groups excluding carboxylic acids is 1. The Labute approximate surface area is 169 Å². The molecule has 1 N–H and O–H groups in total. The van der Waals surface area contributed by atoms with Gasteiger partial charge in [0.1, 0.15) is 5.75 Å². The Morgan fingerprint density at radius 1 is 1.29 bits per heavy atom. The number of rotatable bonds is 6. The smallest absolute Gasteiger partial charge is 0.234 e. The van der Waals surface area contributed by atoms with E-state index >= 15 is 0 Å². The van der Waals surface area contributed by atoms with Gasteiger partial charge in [0.25, 0.3) is 0 Å². The van der Waals surface area contributed by atoms with E-state index in [4.69, 9.17) is 9.72 Å². The van der Waals surface area contributed by atoms with Gasteiger partial charge in [-0.2, -0.15) is 0 Å². The number of amides is 1. The fourth-order valence-electron chi connectivity index (χ4n) is 3.71. The molecule has 1 aromatic heterocycles. The van der Waals surface area contributed by atoms with Crippen LogP contribution in [0.15, 0.2) is 48.5 Å². The summed E-state index contributed by atoms with van der Waals surface area (Å²) in [4.78, 5) is 19.5. The third-order valence-electron chi connectivity index (χ3n) is 5.16. The largest absolute Gasteiger partial charge is 0.497 e. The number of aromatic nitrogens is 1. The Morgan fingerprint density at radius 3 is 3.04 bits per heavy atom. The summed E-state index contributed by atoms with van der Waals surface area (Å²) in [6, 6.07) is 16.1. The summed E-state index contributed by atoms with van der Waals surface area (Å²) >= 11 is 1.79. The molecule has 0 saturated carbocycles.